The molecule has 0 spiro atoms. The molecule has 0 fully saturated rings. The Kier molecular flexibility index (Phi) is 5.91. The average Bonchev–Trinajstić information content (AvgIpc) is 3.19. The Labute approximate surface area is 193 Å². The zero-order valence-electron chi connectivity index (χ0n) is 20.2. The number of hydrogen-bond donors (Lipinski definition) is 1. The molecule has 5 nitrogen and oxygen atoms in total. The van der Waals surface area contributed by atoms with E-state index >= 15 is 0 Å². The average molecular weight is 446 g/mol. The van der Waals surface area contributed by atoms with Crippen molar-refractivity contribution in [1.29, 1.82) is 0 Å². The van der Waals surface area contributed by atoms with Crippen LogP contribution in [0.4, 0.5) is 0 Å². The van der Waals surface area contributed by atoms with Gasteiger partial charge in [0.15, 0.2) is 0 Å². The Balaban J connectivity index is 1.61. The van der Waals surface area contributed by atoms with E-state index in [0.29, 0.717) is 24.1 Å². The Morgan fingerprint density at radius 2 is 1.67 bits per heavy atom. The third kappa shape index (κ3) is 4.45. The molecule has 0 unspecified atom stereocenters. The largest absolute Gasteiger partial charge is 0.464 e. The first-order valence-corrected chi connectivity index (χ1v) is 11.4. The number of amides is 1. The Morgan fingerprint density at radius 3 is 2.33 bits per heavy atom. The van der Waals surface area contributed by atoms with Crippen LogP contribution < -0.4 is 10.9 Å². The second-order valence-electron chi connectivity index (χ2n) is 9.91. The zero-order chi connectivity index (χ0) is 23.9. The van der Waals surface area contributed by atoms with Crippen LogP contribution >= 0.6 is 0 Å². The molecule has 0 aliphatic rings. The van der Waals surface area contributed by atoms with Crippen molar-refractivity contribution in [3.63, 3.8) is 0 Å². The van der Waals surface area contributed by atoms with Crippen LogP contribution in [-0.2, 0) is 23.2 Å². The van der Waals surface area contributed by atoms with Gasteiger partial charge in [0.05, 0.1) is 6.26 Å². The minimum absolute atomic E-state index is 0.0761. The second-order valence-corrected chi connectivity index (χ2v) is 9.91. The van der Waals surface area contributed by atoms with E-state index in [1.807, 2.05) is 45.0 Å². The summed E-state index contributed by atoms with van der Waals surface area (Å²) in [5.74, 6) is -0.0917. The van der Waals surface area contributed by atoms with Crippen molar-refractivity contribution in [2.45, 2.75) is 66.3 Å². The van der Waals surface area contributed by atoms with Crippen molar-refractivity contribution in [2.24, 2.45) is 0 Å². The molecule has 2 aromatic heterocycles. The molecule has 2 heterocycles. The number of benzene rings is 2. The molecule has 0 bridgehead atoms. The normalized spacial score (nSPS) is 11.9. The number of carbonyl (C=O) groups excluding carboxylic acids is 1. The third-order valence-corrected chi connectivity index (χ3v) is 6.36. The van der Waals surface area contributed by atoms with Crippen LogP contribution in [0.3, 0.4) is 0 Å². The lowest BCUT2D eigenvalue weighted by Gasteiger charge is -2.17. The molecule has 4 rings (SSSR count). The zero-order valence-corrected chi connectivity index (χ0v) is 20.2. The molecule has 1 amide bonds. The highest BCUT2D eigenvalue weighted by Gasteiger charge is 2.23. The number of nitrogens with one attached hydrogen (secondary N) is 1. The summed E-state index contributed by atoms with van der Waals surface area (Å²) in [5.41, 5.74) is 6.40. The Bertz CT molecular complexity index is 1400. The molecule has 0 atom stereocenters. The molecule has 0 aliphatic heterocycles. The summed E-state index contributed by atoms with van der Waals surface area (Å²) >= 11 is 0. The van der Waals surface area contributed by atoms with Crippen LogP contribution in [0.25, 0.3) is 21.9 Å². The minimum Gasteiger partial charge on any atom is -0.464 e. The standard InChI is InChI=1S/C28H31NO4/c1-16-7-9-19(10-8-16)14-29-24(30)12-11-20-17(2)21-13-22-23(28(4,5)6)15-32-25(22)18(3)26(21)33-27(20)31/h7-10,13,15H,11-12,14H2,1-6H3,(H,29,30). The van der Waals surface area contributed by atoms with Crippen LogP contribution in [0.5, 0.6) is 0 Å². The van der Waals surface area contributed by atoms with Gasteiger partial charge in [0.2, 0.25) is 5.91 Å². The molecule has 0 saturated carbocycles. The highest BCUT2D eigenvalue weighted by atomic mass is 16.4. The number of carbonyl (C=O) groups is 1. The lowest BCUT2D eigenvalue weighted by atomic mass is 9.86. The predicted octanol–water partition coefficient (Wildman–Crippen LogP) is 6.01. The van der Waals surface area contributed by atoms with Gasteiger partial charge in [0.1, 0.15) is 11.2 Å². The summed E-state index contributed by atoms with van der Waals surface area (Å²) in [4.78, 5) is 25.2. The molecule has 1 N–H and O–H groups in total. The quantitative estimate of drug-likeness (QED) is 0.382. The SMILES string of the molecule is Cc1ccc(CNC(=O)CCc2c(C)c3cc4c(C(C)(C)C)coc4c(C)c3oc2=O)cc1. The van der Waals surface area contributed by atoms with E-state index in [0.717, 1.165) is 38.6 Å². The van der Waals surface area contributed by atoms with Gasteiger partial charge >= 0.3 is 5.63 Å². The molecule has 33 heavy (non-hydrogen) atoms. The predicted molar refractivity (Wildman–Crippen MR) is 132 cm³/mol. The van der Waals surface area contributed by atoms with Crippen LogP contribution in [-0.4, -0.2) is 5.91 Å². The first-order valence-electron chi connectivity index (χ1n) is 11.4. The van der Waals surface area contributed by atoms with Gasteiger partial charge in [-0.3, -0.25) is 4.79 Å². The van der Waals surface area contributed by atoms with E-state index < -0.39 is 5.63 Å². The van der Waals surface area contributed by atoms with Gasteiger partial charge in [-0.25, -0.2) is 4.79 Å². The smallest absolute Gasteiger partial charge is 0.339 e. The molecule has 4 aromatic rings. The highest BCUT2D eigenvalue weighted by Crippen LogP contribution is 2.37. The van der Waals surface area contributed by atoms with Gasteiger partial charge in [0.25, 0.3) is 0 Å². The van der Waals surface area contributed by atoms with Crippen LogP contribution in [0.15, 0.2) is 50.2 Å². The fourth-order valence-corrected chi connectivity index (χ4v) is 4.30. The first-order chi connectivity index (χ1) is 15.6. The van der Waals surface area contributed by atoms with Gasteiger partial charge in [0, 0.05) is 40.4 Å². The summed E-state index contributed by atoms with van der Waals surface area (Å²) < 4.78 is 11.6. The van der Waals surface area contributed by atoms with Gasteiger partial charge in [-0.1, -0.05) is 50.6 Å². The molecular weight excluding hydrogens is 414 g/mol. The third-order valence-electron chi connectivity index (χ3n) is 6.36. The number of fused-ring (bicyclic) bond motifs is 2. The van der Waals surface area contributed by atoms with E-state index in [2.05, 4.69) is 32.2 Å². The van der Waals surface area contributed by atoms with Gasteiger partial charge < -0.3 is 14.2 Å². The first kappa shape index (κ1) is 22.8. The van der Waals surface area contributed by atoms with Crippen molar-refractivity contribution in [1.82, 2.24) is 5.32 Å². The minimum atomic E-state index is -0.392. The van der Waals surface area contributed by atoms with E-state index in [-0.39, 0.29) is 17.7 Å². The molecule has 0 radical (unpaired) electrons. The molecule has 5 heteroatoms. The summed E-state index contributed by atoms with van der Waals surface area (Å²) in [6.07, 6.45) is 2.35. The lowest BCUT2D eigenvalue weighted by molar-refractivity contribution is -0.121. The van der Waals surface area contributed by atoms with Crippen molar-refractivity contribution in [3.05, 3.63) is 80.4 Å². The Morgan fingerprint density at radius 1 is 0.970 bits per heavy atom. The van der Waals surface area contributed by atoms with E-state index in [9.17, 15) is 9.59 Å². The van der Waals surface area contributed by atoms with Crippen molar-refractivity contribution in [3.8, 4) is 0 Å². The highest BCUT2D eigenvalue weighted by molar-refractivity contribution is 6.00. The summed E-state index contributed by atoms with van der Waals surface area (Å²) in [7, 11) is 0. The van der Waals surface area contributed by atoms with Crippen molar-refractivity contribution < 1.29 is 13.6 Å². The van der Waals surface area contributed by atoms with Crippen LogP contribution in [0.1, 0.15) is 60.6 Å². The summed E-state index contributed by atoms with van der Waals surface area (Å²) in [6, 6.07) is 10.1. The van der Waals surface area contributed by atoms with E-state index in [1.165, 1.54) is 5.56 Å². The van der Waals surface area contributed by atoms with Gasteiger partial charge in [-0.05, 0) is 49.8 Å². The number of hydrogen-bond acceptors (Lipinski definition) is 4. The van der Waals surface area contributed by atoms with Crippen molar-refractivity contribution >= 4 is 27.8 Å². The molecule has 2 aromatic carbocycles. The maximum Gasteiger partial charge on any atom is 0.339 e. The maximum absolute atomic E-state index is 12.8. The molecule has 0 saturated heterocycles. The fourth-order valence-electron chi connectivity index (χ4n) is 4.30. The lowest BCUT2D eigenvalue weighted by Crippen LogP contribution is -2.24. The Hall–Kier alpha value is -3.34. The number of aryl methyl sites for hydroxylation is 3. The number of furan rings is 1. The van der Waals surface area contributed by atoms with Crippen LogP contribution in [0, 0.1) is 20.8 Å². The second kappa shape index (κ2) is 8.54. The number of rotatable bonds is 5. The van der Waals surface area contributed by atoms with Gasteiger partial charge in [-0.2, -0.15) is 0 Å². The summed E-state index contributed by atoms with van der Waals surface area (Å²) in [6.45, 7) is 12.8. The topological polar surface area (TPSA) is 72.5 Å². The van der Waals surface area contributed by atoms with E-state index in [4.69, 9.17) is 8.83 Å². The van der Waals surface area contributed by atoms with Crippen LogP contribution in [0.2, 0.25) is 0 Å². The molecule has 0 aliphatic carbocycles. The monoisotopic (exact) mass is 445 g/mol. The van der Waals surface area contributed by atoms with Crippen molar-refractivity contribution in [2.75, 3.05) is 0 Å². The van der Waals surface area contributed by atoms with Gasteiger partial charge in [-0.15, -0.1) is 0 Å². The molecular formula is C28H31NO4. The summed E-state index contributed by atoms with van der Waals surface area (Å²) in [5, 5.41) is 4.86. The molecule has 172 valence electrons. The van der Waals surface area contributed by atoms with E-state index in [1.54, 1.807) is 6.26 Å². The fraction of sp³-hybridized carbons (Fsp3) is 0.357. The maximum atomic E-state index is 12.8.